The van der Waals surface area contributed by atoms with Gasteiger partial charge in [-0.1, -0.05) is 26.7 Å². The summed E-state index contributed by atoms with van der Waals surface area (Å²) < 4.78 is 3.96. The molecule has 5 nitrogen and oxygen atoms in total. The third-order valence-corrected chi connectivity index (χ3v) is 3.52. The summed E-state index contributed by atoms with van der Waals surface area (Å²) in [5, 5.41) is 4.39. The summed E-state index contributed by atoms with van der Waals surface area (Å²) in [6.07, 6.45) is 2.32. The van der Waals surface area contributed by atoms with Crippen LogP contribution in [0, 0.1) is 12.8 Å². The van der Waals surface area contributed by atoms with E-state index in [1.807, 2.05) is 18.7 Å². The molecule has 0 bridgehead atoms. The molecule has 0 aliphatic rings. The van der Waals surface area contributed by atoms with Crippen LogP contribution in [0.5, 0.6) is 0 Å². The molecule has 17 heavy (non-hydrogen) atoms. The minimum atomic E-state index is 0.600. The first-order chi connectivity index (χ1) is 8.08. The molecule has 0 aliphatic carbocycles. The summed E-state index contributed by atoms with van der Waals surface area (Å²) in [5.74, 6) is 1.24. The molecular weight excluding hydrogens is 214 g/mol. The fraction of sp³-hybridized carbons (Fsp3) is 0.667. The second-order valence-corrected chi connectivity index (χ2v) is 4.64. The minimum Gasteiger partial charge on any atom is -0.369 e. The molecule has 2 aromatic heterocycles. The quantitative estimate of drug-likeness (QED) is 0.882. The molecule has 0 saturated heterocycles. The van der Waals surface area contributed by atoms with E-state index in [9.17, 15) is 0 Å². The molecule has 0 spiro atoms. The molecule has 0 aromatic carbocycles. The van der Waals surface area contributed by atoms with Crippen molar-refractivity contribution in [3.63, 3.8) is 0 Å². The third kappa shape index (κ3) is 1.90. The Hall–Kier alpha value is -1.52. The van der Waals surface area contributed by atoms with E-state index < -0.39 is 0 Å². The number of aryl methyl sites for hydroxylation is 2. The van der Waals surface area contributed by atoms with Gasteiger partial charge >= 0.3 is 0 Å². The van der Waals surface area contributed by atoms with Crippen molar-refractivity contribution in [1.82, 2.24) is 19.3 Å². The second kappa shape index (κ2) is 4.39. The maximum absolute atomic E-state index is 6.00. The highest BCUT2D eigenvalue weighted by molar-refractivity contribution is 5.77. The van der Waals surface area contributed by atoms with Gasteiger partial charge in [-0.2, -0.15) is 5.10 Å². The lowest BCUT2D eigenvalue weighted by molar-refractivity contribution is 0.423. The van der Waals surface area contributed by atoms with E-state index >= 15 is 0 Å². The number of rotatable bonds is 4. The first-order valence-electron chi connectivity index (χ1n) is 6.23. The number of hydrogen-bond acceptors (Lipinski definition) is 3. The summed E-state index contributed by atoms with van der Waals surface area (Å²) in [5.41, 5.74) is 8.91. The van der Waals surface area contributed by atoms with Crippen LogP contribution in [0.4, 0.5) is 5.95 Å². The highest BCUT2D eigenvalue weighted by Gasteiger charge is 2.17. The van der Waals surface area contributed by atoms with Crippen LogP contribution in [0.15, 0.2) is 0 Å². The van der Waals surface area contributed by atoms with Gasteiger partial charge in [0.1, 0.15) is 5.52 Å². The smallest absolute Gasteiger partial charge is 0.202 e. The average Bonchev–Trinajstić information content (AvgIpc) is 2.75. The monoisotopic (exact) mass is 235 g/mol. The normalized spacial score (nSPS) is 11.8. The number of imidazole rings is 1. The van der Waals surface area contributed by atoms with Gasteiger partial charge < -0.3 is 5.73 Å². The molecule has 0 atom stereocenters. The van der Waals surface area contributed by atoms with Gasteiger partial charge in [0, 0.05) is 13.6 Å². The number of nitrogen functional groups attached to an aromatic ring is 1. The predicted octanol–water partition coefficient (Wildman–Crippen LogP) is 2.10. The molecule has 2 rings (SSSR count). The number of nitrogens with two attached hydrogens (primary N) is 1. The van der Waals surface area contributed by atoms with Crippen molar-refractivity contribution in [2.45, 2.75) is 40.2 Å². The largest absolute Gasteiger partial charge is 0.369 e. The molecule has 0 unspecified atom stereocenters. The van der Waals surface area contributed by atoms with Gasteiger partial charge in [-0.15, -0.1) is 0 Å². The zero-order valence-corrected chi connectivity index (χ0v) is 11.1. The topological polar surface area (TPSA) is 61.7 Å². The lowest BCUT2D eigenvalue weighted by atomic mass is 10.0. The van der Waals surface area contributed by atoms with Crippen LogP contribution in [-0.2, 0) is 13.6 Å². The zero-order valence-electron chi connectivity index (χ0n) is 11.1. The van der Waals surface area contributed by atoms with Gasteiger partial charge in [-0.3, -0.25) is 9.25 Å². The Balaban J connectivity index is 2.48. The van der Waals surface area contributed by atoms with Crippen molar-refractivity contribution in [2.75, 3.05) is 5.73 Å². The van der Waals surface area contributed by atoms with E-state index in [0.717, 1.165) is 36.2 Å². The summed E-state index contributed by atoms with van der Waals surface area (Å²) in [6, 6.07) is 0. The van der Waals surface area contributed by atoms with E-state index in [4.69, 9.17) is 5.73 Å². The molecule has 0 amide bonds. The molecule has 2 N–H and O–H groups in total. The Bertz CT molecular complexity index is 518. The molecule has 5 heteroatoms. The second-order valence-electron chi connectivity index (χ2n) is 4.64. The molecule has 2 aromatic rings. The number of fused-ring (bicyclic) bond motifs is 1. The van der Waals surface area contributed by atoms with Gasteiger partial charge in [0.25, 0.3) is 0 Å². The van der Waals surface area contributed by atoms with Crippen molar-refractivity contribution >= 4 is 17.1 Å². The predicted molar refractivity (Wildman–Crippen MR) is 69.7 cm³/mol. The van der Waals surface area contributed by atoms with Crippen LogP contribution in [0.25, 0.3) is 11.2 Å². The van der Waals surface area contributed by atoms with Crippen LogP contribution >= 0.6 is 0 Å². The van der Waals surface area contributed by atoms with Crippen molar-refractivity contribution in [1.29, 1.82) is 0 Å². The summed E-state index contributed by atoms with van der Waals surface area (Å²) in [6.45, 7) is 7.32. The van der Waals surface area contributed by atoms with Gasteiger partial charge in [-0.25, -0.2) is 4.98 Å². The number of nitrogens with zero attached hydrogens (tertiary/aromatic N) is 4. The molecule has 2 heterocycles. The maximum Gasteiger partial charge on any atom is 0.202 e. The standard InChI is InChI=1S/C12H21N5/c1-5-9(6-2)7-17-11-10(14-12(17)13)8(3)15-16(11)4/h9H,5-7H2,1-4H3,(H2,13,14). The van der Waals surface area contributed by atoms with E-state index in [0.29, 0.717) is 11.9 Å². The Morgan fingerprint density at radius 3 is 2.53 bits per heavy atom. The van der Waals surface area contributed by atoms with Crippen molar-refractivity contribution in [3.8, 4) is 0 Å². The molecule has 0 saturated carbocycles. The Labute approximate surface area is 102 Å². The Kier molecular flexibility index (Phi) is 3.09. The maximum atomic E-state index is 6.00. The molecule has 0 aliphatic heterocycles. The van der Waals surface area contributed by atoms with Gasteiger partial charge in [0.15, 0.2) is 5.65 Å². The van der Waals surface area contributed by atoms with Gasteiger partial charge in [0.05, 0.1) is 5.69 Å². The van der Waals surface area contributed by atoms with Gasteiger partial charge in [-0.05, 0) is 12.8 Å². The average molecular weight is 235 g/mol. The lowest BCUT2D eigenvalue weighted by Crippen LogP contribution is -2.13. The molecular formula is C12H21N5. The Morgan fingerprint density at radius 1 is 1.29 bits per heavy atom. The molecule has 0 radical (unpaired) electrons. The first kappa shape index (κ1) is 12.0. The van der Waals surface area contributed by atoms with E-state index in [1.54, 1.807) is 0 Å². The highest BCUT2D eigenvalue weighted by Crippen LogP contribution is 2.23. The summed E-state index contributed by atoms with van der Waals surface area (Å²) in [4.78, 5) is 4.41. The van der Waals surface area contributed by atoms with Crippen molar-refractivity contribution < 1.29 is 0 Å². The summed E-state index contributed by atoms with van der Waals surface area (Å²) >= 11 is 0. The Morgan fingerprint density at radius 2 is 1.94 bits per heavy atom. The zero-order chi connectivity index (χ0) is 12.6. The van der Waals surface area contributed by atoms with Crippen LogP contribution in [0.2, 0.25) is 0 Å². The van der Waals surface area contributed by atoms with Crippen LogP contribution in [0.3, 0.4) is 0 Å². The number of anilines is 1. The van der Waals surface area contributed by atoms with Crippen LogP contribution in [-0.4, -0.2) is 19.3 Å². The minimum absolute atomic E-state index is 0.600. The number of aromatic nitrogens is 4. The fourth-order valence-electron chi connectivity index (χ4n) is 2.34. The van der Waals surface area contributed by atoms with Crippen molar-refractivity contribution in [3.05, 3.63) is 5.69 Å². The number of hydrogen-bond donors (Lipinski definition) is 1. The van der Waals surface area contributed by atoms with Crippen LogP contribution < -0.4 is 5.73 Å². The summed E-state index contributed by atoms with van der Waals surface area (Å²) in [7, 11) is 1.94. The fourth-order valence-corrected chi connectivity index (χ4v) is 2.34. The van der Waals surface area contributed by atoms with E-state index in [2.05, 4.69) is 28.5 Å². The molecule has 0 fully saturated rings. The van der Waals surface area contributed by atoms with Crippen molar-refractivity contribution in [2.24, 2.45) is 13.0 Å². The third-order valence-electron chi connectivity index (χ3n) is 3.52. The van der Waals surface area contributed by atoms with Gasteiger partial charge in [0.2, 0.25) is 5.95 Å². The van der Waals surface area contributed by atoms with E-state index in [1.165, 1.54) is 0 Å². The highest BCUT2D eigenvalue weighted by atomic mass is 15.3. The molecule has 94 valence electrons. The lowest BCUT2D eigenvalue weighted by Gasteiger charge is -2.14. The first-order valence-corrected chi connectivity index (χ1v) is 6.23. The van der Waals surface area contributed by atoms with Crippen LogP contribution in [0.1, 0.15) is 32.4 Å². The van der Waals surface area contributed by atoms with E-state index in [-0.39, 0.29) is 0 Å². The SMILES string of the molecule is CCC(CC)Cn1c(N)nc2c(C)nn(C)c21.